The van der Waals surface area contributed by atoms with Crippen LogP contribution in [0.1, 0.15) is 32.0 Å². The van der Waals surface area contributed by atoms with Crippen molar-refractivity contribution in [3.05, 3.63) is 30.9 Å². The van der Waals surface area contributed by atoms with Gasteiger partial charge in [0, 0.05) is 25.0 Å². The summed E-state index contributed by atoms with van der Waals surface area (Å²) in [7, 11) is 0. The van der Waals surface area contributed by atoms with Crippen molar-refractivity contribution in [2.24, 2.45) is 0 Å². The summed E-state index contributed by atoms with van der Waals surface area (Å²) >= 11 is 0. The maximum atomic E-state index is 4.50. The van der Waals surface area contributed by atoms with E-state index in [2.05, 4.69) is 37.7 Å². The molecule has 0 aromatic carbocycles. The number of hydrogen-bond acceptors (Lipinski definition) is 4. The van der Waals surface area contributed by atoms with Crippen molar-refractivity contribution in [3.8, 4) is 0 Å². The number of rotatable bonds is 5. The average molecular weight is 274 g/mol. The molecule has 108 valence electrons. The van der Waals surface area contributed by atoms with Gasteiger partial charge in [0.15, 0.2) is 0 Å². The highest BCUT2D eigenvalue weighted by Crippen LogP contribution is 2.20. The monoisotopic (exact) mass is 274 g/mol. The molecule has 1 saturated heterocycles. The minimum Gasteiger partial charge on any atom is -0.334 e. The van der Waals surface area contributed by atoms with Gasteiger partial charge in [-0.15, -0.1) is 0 Å². The van der Waals surface area contributed by atoms with Gasteiger partial charge in [-0.05, 0) is 26.3 Å². The van der Waals surface area contributed by atoms with E-state index < -0.39 is 0 Å². The Kier molecular flexibility index (Phi) is 4.11. The van der Waals surface area contributed by atoms with Crippen LogP contribution in [0.5, 0.6) is 0 Å². The van der Waals surface area contributed by atoms with E-state index >= 15 is 0 Å². The second kappa shape index (κ2) is 6.17. The highest BCUT2D eigenvalue weighted by atomic mass is 15.3. The molecule has 2 aromatic rings. The van der Waals surface area contributed by atoms with Crippen molar-refractivity contribution in [1.82, 2.24) is 29.2 Å². The van der Waals surface area contributed by atoms with Gasteiger partial charge < -0.3 is 4.57 Å². The van der Waals surface area contributed by atoms with Crippen LogP contribution in [0, 0.1) is 0 Å². The molecule has 0 amide bonds. The third-order valence-electron chi connectivity index (χ3n) is 4.10. The van der Waals surface area contributed by atoms with Crippen molar-refractivity contribution < 1.29 is 0 Å². The van der Waals surface area contributed by atoms with E-state index in [9.17, 15) is 0 Å². The van der Waals surface area contributed by atoms with E-state index in [1.807, 2.05) is 10.9 Å². The number of aromatic nitrogens is 5. The van der Waals surface area contributed by atoms with Crippen LogP contribution >= 0.6 is 0 Å². The zero-order valence-electron chi connectivity index (χ0n) is 12.0. The minimum absolute atomic E-state index is 0.535. The lowest BCUT2D eigenvalue weighted by atomic mass is 10.0. The summed E-state index contributed by atoms with van der Waals surface area (Å²) < 4.78 is 4.16. The molecule has 0 N–H and O–H groups in total. The highest BCUT2D eigenvalue weighted by molar-refractivity contribution is 4.93. The Bertz CT molecular complexity index is 518. The Hall–Kier alpha value is -1.69. The van der Waals surface area contributed by atoms with Crippen molar-refractivity contribution in [2.45, 2.75) is 51.9 Å². The fraction of sp³-hybridized carbons (Fsp3) is 0.643. The zero-order valence-corrected chi connectivity index (χ0v) is 12.0. The van der Waals surface area contributed by atoms with E-state index in [1.54, 1.807) is 12.7 Å². The van der Waals surface area contributed by atoms with Crippen LogP contribution in [-0.4, -0.2) is 41.8 Å². The third kappa shape index (κ3) is 2.90. The Balaban J connectivity index is 1.69. The normalized spacial score (nSPS) is 20.4. The van der Waals surface area contributed by atoms with Gasteiger partial charge in [-0.3, -0.25) is 9.58 Å². The summed E-state index contributed by atoms with van der Waals surface area (Å²) in [6, 6.07) is 0.535. The maximum Gasteiger partial charge on any atom is 0.137 e. The molecule has 3 rings (SSSR count). The van der Waals surface area contributed by atoms with Crippen molar-refractivity contribution in [1.29, 1.82) is 0 Å². The molecule has 3 heterocycles. The van der Waals surface area contributed by atoms with Gasteiger partial charge in [-0.2, -0.15) is 5.10 Å². The quantitative estimate of drug-likeness (QED) is 0.830. The summed E-state index contributed by atoms with van der Waals surface area (Å²) in [6.45, 7) is 6.15. The van der Waals surface area contributed by atoms with Crippen LogP contribution in [-0.2, 0) is 19.6 Å². The first-order valence-electron chi connectivity index (χ1n) is 7.43. The predicted molar refractivity (Wildman–Crippen MR) is 76.0 cm³/mol. The number of nitrogens with zero attached hydrogens (tertiary/aromatic N) is 6. The first-order chi connectivity index (χ1) is 9.86. The molecule has 1 aliphatic heterocycles. The molecule has 0 saturated carbocycles. The number of hydrogen-bond donors (Lipinski definition) is 0. The standard InChI is InChI=1S/C14H22N6/c1-2-18-8-6-16-14(18)10-19-7-4-3-5-13(19)9-20-12-15-11-17-20/h6,8,11-13H,2-5,7,9-10H2,1H3/t13-/m0/s1. The van der Waals surface area contributed by atoms with Crippen molar-refractivity contribution in [3.63, 3.8) is 0 Å². The van der Waals surface area contributed by atoms with Gasteiger partial charge >= 0.3 is 0 Å². The maximum absolute atomic E-state index is 4.50. The molecule has 6 nitrogen and oxygen atoms in total. The molecule has 2 aromatic heterocycles. The third-order valence-corrected chi connectivity index (χ3v) is 4.10. The molecule has 6 heteroatoms. The molecular formula is C14H22N6. The topological polar surface area (TPSA) is 51.8 Å². The predicted octanol–water partition coefficient (Wildman–Crippen LogP) is 1.55. The first-order valence-corrected chi connectivity index (χ1v) is 7.43. The van der Waals surface area contributed by atoms with Gasteiger partial charge in [0.05, 0.1) is 13.1 Å². The van der Waals surface area contributed by atoms with E-state index in [1.165, 1.54) is 19.3 Å². The molecule has 1 atom stereocenters. The van der Waals surface area contributed by atoms with E-state index in [-0.39, 0.29) is 0 Å². The summed E-state index contributed by atoms with van der Waals surface area (Å²) in [5.41, 5.74) is 0. The van der Waals surface area contributed by atoms with E-state index in [4.69, 9.17) is 0 Å². The Labute approximate surface area is 119 Å². The molecule has 0 spiro atoms. The zero-order chi connectivity index (χ0) is 13.8. The van der Waals surface area contributed by atoms with E-state index in [0.29, 0.717) is 6.04 Å². The molecular weight excluding hydrogens is 252 g/mol. The Morgan fingerprint density at radius 3 is 3.10 bits per heavy atom. The molecule has 1 fully saturated rings. The van der Waals surface area contributed by atoms with Gasteiger partial charge in [-0.1, -0.05) is 6.42 Å². The lowest BCUT2D eigenvalue weighted by Crippen LogP contribution is -2.42. The summed E-state index contributed by atoms with van der Waals surface area (Å²) in [6.07, 6.45) is 11.2. The van der Waals surface area contributed by atoms with Crippen molar-refractivity contribution >= 4 is 0 Å². The smallest absolute Gasteiger partial charge is 0.137 e. The molecule has 1 aliphatic rings. The molecule has 0 aliphatic carbocycles. The molecule has 0 unspecified atom stereocenters. The lowest BCUT2D eigenvalue weighted by Gasteiger charge is -2.35. The first kappa shape index (κ1) is 13.3. The Morgan fingerprint density at radius 2 is 2.30 bits per heavy atom. The second-order valence-corrected chi connectivity index (χ2v) is 5.37. The lowest BCUT2D eigenvalue weighted by molar-refractivity contribution is 0.117. The molecule has 0 bridgehead atoms. The minimum atomic E-state index is 0.535. The highest BCUT2D eigenvalue weighted by Gasteiger charge is 2.24. The van der Waals surface area contributed by atoms with Crippen LogP contribution in [0.3, 0.4) is 0 Å². The Morgan fingerprint density at radius 1 is 1.35 bits per heavy atom. The number of likely N-dealkylation sites (tertiary alicyclic amines) is 1. The number of piperidine rings is 1. The fourth-order valence-corrected chi connectivity index (χ4v) is 2.98. The van der Waals surface area contributed by atoms with Crippen LogP contribution in [0.15, 0.2) is 25.0 Å². The number of imidazole rings is 1. The van der Waals surface area contributed by atoms with Gasteiger partial charge in [0.2, 0.25) is 0 Å². The number of aryl methyl sites for hydroxylation is 1. The fourth-order valence-electron chi connectivity index (χ4n) is 2.98. The van der Waals surface area contributed by atoms with Gasteiger partial charge in [-0.25, -0.2) is 9.97 Å². The largest absolute Gasteiger partial charge is 0.334 e. The second-order valence-electron chi connectivity index (χ2n) is 5.37. The molecule has 0 radical (unpaired) electrons. The summed E-state index contributed by atoms with van der Waals surface area (Å²) in [4.78, 5) is 11.1. The van der Waals surface area contributed by atoms with Crippen LogP contribution in [0.25, 0.3) is 0 Å². The van der Waals surface area contributed by atoms with E-state index in [0.717, 1.165) is 32.0 Å². The van der Waals surface area contributed by atoms with Crippen LogP contribution in [0.4, 0.5) is 0 Å². The van der Waals surface area contributed by atoms with Crippen LogP contribution < -0.4 is 0 Å². The average Bonchev–Trinajstić information content (AvgIpc) is 3.12. The summed E-state index contributed by atoms with van der Waals surface area (Å²) in [5, 5.41) is 4.23. The van der Waals surface area contributed by atoms with Gasteiger partial charge in [0.1, 0.15) is 18.5 Å². The molecule has 20 heavy (non-hydrogen) atoms. The SMILES string of the molecule is CCn1ccnc1CN1CCCC[C@H]1Cn1cncn1. The van der Waals surface area contributed by atoms with Crippen molar-refractivity contribution in [2.75, 3.05) is 6.54 Å². The van der Waals surface area contributed by atoms with Gasteiger partial charge in [0.25, 0.3) is 0 Å². The van der Waals surface area contributed by atoms with Crippen LogP contribution in [0.2, 0.25) is 0 Å². The summed E-state index contributed by atoms with van der Waals surface area (Å²) in [5.74, 6) is 1.16.